The smallest absolute Gasteiger partial charge is 0.255 e. The first-order valence-corrected chi connectivity index (χ1v) is 5.58. The van der Waals surface area contributed by atoms with Crippen LogP contribution in [0.3, 0.4) is 0 Å². The second kappa shape index (κ2) is 6.14. The molecule has 1 amide bonds. The van der Waals surface area contributed by atoms with Gasteiger partial charge in [-0.05, 0) is 18.9 Å². The third kappa shape index (κ3) is 3.29. The van der Waals surface area contributed by atoms with Crippen LogP contribution in [0.1, 0.15) is 23.2 Å². The van der Waals surface area contributed by atoms with Gasteiger partial charge in [-0.25, -0.2) is 8.78 Å². The number of halogens is 2. The predicted octanol–water partition coefficient (Wildman–Crippen LogP) is 2.59. The molecule has 18 heavy (non-hydrogen) atoms. The van der Waals surface area contributed by atoms with E-state index in [9.17, 15) is 13.6 Å². The van der Waals surface area contributed by atoms with Crippen molar-refractivity contribution in [2.75, 3.05) is 19.3 Å². The number of carbonyl (C=O) groups excluding carboxylic acids is 1. The molecule has 98 valence electrons. The Morgan fingerprint density at radius 2 is 2.06 bits per heavy atom. The minimum Gasteiger partial charge on any atom is -0.398 e. The number of benzene rings is 1. The molecule has 0 spiro atoms. The zero-order valence-corrected chi connectivity index (χ0v) is 10.2. The molecular weight excluding hydrogens is 238 g/mol. The number of carbonyl (C=O) groups is 1. The summed E-state index contributed by atoms with van der Waals surface area (Å²) in [5.41, 5.74) is 5.43. The maximum absolute atomic E-state index is 13.1. The van der Waals surface area contributed by atoms with Crippen molar-refractivity contribution >= 4 is 11.6 Å². The summed E-state index contributed by atoms with van der Waals surface area (Å²) in [6.07, 6.45) is 3.30. The Morgan fingerprint density at radius 1 is 1.44 bits per heavy atom. The Balaban J connectivity index is 2.83. The highest BCUT2D eigenvalue weighted by molar-refractivity contribution is 5.99. The van der Waals surface area contributed by atoms with Gasteiger partial charge in [0.1, 0.15) is 0 Å². The first-order chi connectivity index (χ1) is 8.47. The summed E-state index contributed by atoms with van der Waals surface area (Å²) in [5.74, 6) is -2.55. The Labute approximate surface area is 105 Å². The molecule has 5 heteroatoms. The van der Waals surface area contributed by atoms with Gasteiger partial charge >= 0.3 is 0 Å². The SMILES string of the molecule is C=CCCCN(C)C(=O)c1cc(F)c(F)cc1N. The highest BCUT2D eigenvalue weighted by atomic mass is 19.2. The van der Waals surface area contributed by atoms with Gasteiger partial charge in [-0.15, -0.1) is 6.58 Å². The Kier molecular flexibility index (Phi) is 4.83. The van der Waals surface area contributed by atoms with Crippen molar-refractivity contribution in [1.82, 2.24) is 4.90 Å². The summed E-state index contributed by atoms with van der Waals surface area (Å²) in [6.45, 7) is 4.08. The van der Waals surface area contributed by atoms with Crippen LogP contribution < -0.4 is 5.73 Å². The molecule has 0 radical (unpaired) electrons. The first kappa shape index (κ1) is 14.2. The second-order valence-electron chi connectivity index (χ2n) is 4.01. The van der Waals surface area contributed by atoms with E-state index in [0.29, 0.717) is 6.54 Å². The lowest BCUT2D eigenvalue weighted by atomic mass is 10.1. The zero-order valence-electron chi connectivity index (χ0n) is 10.2. The fraction of sp³-hybridized carbons (Fsp3) is 0.308. The highest BCUT2D eigenvalue weighted by Crippen LogP contribution is 2.18. The number of unbranched alkanes of at least 4 members (excludes halogenated alkanes) is 1. The van der Waals surface area contributed by atoms with Crippen LogP contribution in [0, 0.1) is 11.6 Å². The van der Waals surface area contributed by atoms with E-state index >= 15 is 0 Å². The lowest BCUT2D eigenvalue weighted by Crippen LogP contribution is -2.28. The van der Waals surface area contributed by atoms with E-state index in [1.165, 1.54) is 4.90 Å². The van der Waals surface area contributed by atoms with E-state index in [4.69, 9.17) is 5.73 Å². The molecule has 0 heterocycles. The normalized spacial score (nSPS) is 10.2. The van der Waals surface area contributed by atoms with E-state index < -0.39 is 17.5 Å². The van der Waals surface area contributed by atoms with E-state index in [0.717, 1.165) is 25.0 Å². The lowest BCUT2D eigenvalue weighted by molar-refractivity contribution is 0.0794. The maximum Gasteiger partial charge on any atom is 0.255 e. The average molecular weight is 254 g/mol. The van der Waals surface area contributed by atoms with Crippen LogP contribution in [0.15, 0.2) is 24.8 Å². The summed E-state index contributed by atoms with van der Waals surface area (Å²) >= 11 is 0. The Morgan fingerprint density at radius 3 is 2.67 bits per heavy atom. The third-order valence-electron chi connectivity index (χ3n) is 2.57. The molecule has 0 saturated carbocycles. The van der Waals surface area contributed by atoms with Crippen LogP contribution >= 0.6 is 0 Å². The van der Waals surface area contributed by atoms with E-state index in [1.807, 2.05) is 0 Å². The predicted molar refractivity (Wildman–Crippen MR) is 67.2 cm³/mol. The molecular formula is C13H16F2N2O. The van der Waals surface area contributed by atoms with Crippen molar-refractivity contribution in [3.05, 3.63) is 42.0 Å². The Bertz CT molecular complexity index is 461. The molecule has 0 aromatic heterocycles. The van der Waals surface area contributed by atoms with Crippen molar-refractivity contribution < 1.29 is 13.6 Å². The fourth-order valence-electron chi connectivity index (χ4n) is 1.53. The summed E-state index contributed by atoms with van der Waals surface area (Å²) < 4.78 is 26.0. The number of rotatable bonds is 5. The van der Waals surface area contributed by atoms with Crippen molar-refractivity contribution in [2.45, 2.75) is 12.8 Å². The van der Waals surface area contributed by atoms with Gasteiger partial charge < -0.3 is 10.6 Å². The minimum absolute atomic E-state index is 0.0185. The number of hydrogen-bond acceptors (Lipinski definition) is 2. The van der Waals surface area contributed by atoms with E-state index in [2.05, 4.69) is 6.58 Å². The monoisotopic (exact) mass is 254 g/mol. The number of allylic oxidation sites excluding steroid dienone is 1. The number of nitrogen functional groups attached to an aromatic ring is 1. The van der Waals surface area contributed by atoms with E-state index in [-0.39, 0.29) is 11.3 Å². The van der Waals surface area contributed by atoms with Gasteiger partial charge in [0.2, 0.25) is 0 Å². The molecule has 2 N–H and O–H groups in total. The first-order valence-electron chi connectivity index (χ1n) is 5.58. The molecule has 1 aromatic rings. The zero-order chi connectivity index (χ0) is 13.7. The van der Waals surface area contributed by atoms with Crippen LogP contribution in [-0.2, 0) is 0 Å². The summed E-state index contributed by atoms with van der Waals surface area (Å²) in [5, 5.41) is 0. The molecule has 0 atom stereocenters. The standard InChI is InChI=1S/C13H16F2N2O/c1-3-4-5-6-17(2)13(18)9-7-10(14)11(15)8-12(9)16/h3,7-8H,1,4-6,16H2,2H3. The summed E-state index contributed by atoms with van der Waals surface area (Å²) in [7, 11) is 1.59. The van der Waals surface area contributed by atoms with Gasteiger partial charge in [0.25, 0.3) is 5.91 Å². The van der Waals surface area contributed by atoms with Crippen LogP contribution in [0.25, 0.3) is 0 Å². The molecule has 0 bridgehead atoms. The number of nitrogens with zero attached hydrogens (tertiary/aromatic N) is 1. The molecule has 0 aliphatic heterocycles. The van der Waals surface area contributed by atoms with Gasteiger partial charge in [0, 0.05) is 25.3 Å². The number of nitrogens with two attached hydrogens (primary N) is 1. The Hall–Kier alpha value is -1.91. The second-order valence-corrected chi connectivity index (χ2v) is 4.01. The molecule has 0 aliphatic carbocycles. The van der Waals surface area contributed by atoms with Gasteiger partial charge in [0.15, 0.2) is 11.6 Å². The molecule has 0 aliphatic rings. The van der Waals surface area contributed by atoms with Crippen LogP contribution in [0.5, 0.6) is 0 Å². The van der Waals surface area contributed by atoms with Crippen LogP contribution in [0.2, 0.25) is 0 Å². The van der Waals surface area contributed by atoms with Gasteiger partial charge in [-0.2, -0.15) is 0 Å². The van der Waals surface area contributed by atoms with Gasteiger partial charge in [-0.1, -0.05) is 6.08 Å². The molecule has 1 rings (SSSR count). The van der Waals surface area contributed by atoms with Crippen molar-refractivity contribution in [3.63, 3.8) is 0 Å². The van der Waals surface area contributed by atoms with Crippen LogP contribution in [-0.4, -0.2) is 24.4 Å². The number of hydrogen-bond donors (Lipinski definition) is 1. The van der Waals surface area contributed by atoms with Gasteiger partial charge in [0.05, 0.1) is 5.56 Å². The molecule has 0 saturated heterocycles. The molecule has 0 unspecified atom stereocenters. The molecule has 0 fully saturated rings. The maximum atomic E-state index is 13.1. The molecule has 3 nitrogen and oxygen atoms in total. The average Bonchev–Trinajstić information content (AvgIpc) is 2.33. The van der Waals surface area contributed by atoms with Crippen LogP contribution in [0.4, 0.5) is 14.5 Å². The molecule has 1 aromatic carbocycles. The third-order valence-corrected chi connectivity index (χ3v) is 2.57. The quantitative estimate of drug-likeness (QED) is 0.498. The van der Waals surface area contributed by atoms with Crippen molar-refractivity contribution in [3.8, 4) is 0 Å². The fourth-order valence-corrected chi connectivity index (χ4v) is 1.53. The van der Waals surface area contributed by atoms with Crippen molar-refractivity contribution in [1.29, 1.82) is 0 Å². The minimum atomic E-state index is -1.08. The highest BCUT2D eigenvalue weighted by Gasteiger charge is 2.17. The van der Waals surface area contributed by atoms with Crippen molar-refractivity contribution in [2.24, 2.45) is 0 Å². The van der Waals surface area contributed by atoms with E-state index in [1.54, 1.807) is 13.1 Å². The summed E-state index contributed by atoms with van der Waals surface area (Å²) in [4.78, 5) is 13.4. The topological polar surface area (TPSA) is 46.3 Å². The van der Waals surface area contributed by atoms with Gasteiger partial charge in [-0.3, -0.25) is 4.79 Å². The number of anilines is 1. The largest absolute Gasteiger partial charge is 0.398 e. The number of amides is 1. The lowest BCUT2D eigenvalue weighted by Gasteiger charge is -2.17. The summed E-state index contributed by atoms with van der Waals surface area (Å²) in [6, 6.07) is 1.65.